The van der Waals surface area contributed by atoms with Gasteiger partial charge in [-0.05, 0) is 49.1 Å². The molecule has 0 saturated heterocycles. The topological polar surface area (TPSA) is 71.1 Å². The van der Waals surface area contributed by atoms with Crippen LogP contribution in [0.1, 0.15) is 34.8 Å². The van der Waals surface area contributed by atoms with Gasteiger partial charge in [0.15, 0.2) is 0 Å². The zero-order chi connectivity index (χ0) is 22.4. The van der Waals surface area contributed by atoms with Crippen LogP contribution in [-0.4, -0.2) is 29.4 Å². The second-order valence-electron chi connectivity index (χ2n) is 7.69. The van der Waals surface area contributed by atoms with Crippen molar-refractivity contribution in [3.63, 3.8) is 0 Å². The number of nitrogens with one attached hydrogen (secondary N) is 2. The third-order valence-corrected chi connectivity index (χ3v) is 5.70. The molecule has 0 radical (unpaired) electrons. The molecular weight excluding hydrogens is 413 g/mol. The first-order valence-electron chi connectivity index (χ1n) is 10.2. The normalized spacial score (nSPS) is 11.9. The minimum absolute atomic E-state index is 0.0924. The maximum Gasteiger partial charge on any atom is 0.251 e. The van der Waals surface area contributed by atoms with Crippen LogP contribution in [0, 0.1) is 18.7 Å². The monoisotopic (exact) mass is 439 g/mol. The van der Waals surface area contributed by atoms with Crippen molar-refractivity contribution in [2.24, 2.45) is 5.92 Å². The average molecular weight is 440 g/mol. The first-order chi connectivity index (χ1) is 14.8. The molecule has 0 aliphatic heterocycles. The third kappa shape index (κ3) is 6.21. The standard InChI is InChI=1S/C24H26FN3O2S/c1-15(2)22(28-23(29)19-8-10-20(25)11-9-19)24(30)26-13-12-17-4-6-18(7-5-17)21-14-31-16(3)27-21/h4-11,14-15,22H,12-13H2,1-3H3,(H,26,30)(H,28,29). The number of thiazole rings is 1. The van der Waals surface area contributed by atoms with Crippen molar-refractivity contribution in [1.29, 1.82) is 0 Å². The number of carbonyl (C=O) groups excluding carboxylic acids is 2. The summed E-state index contributed by atoms with van der Waals surface area (Å²) in [5, 5.41) is 8.73. The molecule has 0 aliphatic carbocycles. The molecule has 0 aliphatic rings. The largest absolute Gasteiger partial charge is 0.354 e. The van der Waals surface area contributed by atoms with Gasteiger partial charge in [-0.3, -0.25) is 9.59 Å². The van der Waals surface area contributed by atoms with Gasteiger partial charge in [0.25, 0.3) is 5.91 Å². The van der Waals surface area contributed by atoms with E-state index in [1.54, 1.807) is 11.3 Å². The van der Waals surface area contributed by atoms with E-state index in [0.29, 0.717) is 18.5 Å². The summed E-state index contributed by atoms with van der Waals surface area (Å²) < 4.78 is 13.1. The Kier molecular flexibility index (Phi) is 7.52. The van der Waals surface area contributed by atoms with E-state index in [1.807, 2.05) is 50.4 Å². The van der Waals surface area contributed by atoms with Crippen molar-refractivity contribution in [2.45, 2.75) is 33.2 Å². The molecule has 0 spiro atoms. The number of amides is 2. The van der Waals surface area contributed by atoms with E-state index in [0.717, 1.165) is 21.8 Å². The Morgan fingerprint density at radius 3 is 2.32 bits per heavy atom. The molecule has 0 saturated carbocycles. The minimum atomic E-state index is -0.673. The van der Waals surface area contributed by atoms with Crippen molar-refractivity contribution in [3.05, 3.63) is 75.9 Å². The highest BCUT2D eigenvalue weighted by atomic mass is 32.1. The van der Waals surface area contributed by atoms with Gasteiger partial charge in [0.05, 0.1) is 10.7 Å². The molecule has 1 heterocycles. The lowest BCUT2D eigenvalue weighted by molar-refractivity contribution is -0.123. The van der Waals surface area contributed by atoms with E-state index >= 15 is 0 Å². The first kappa shape index (κ1) is 22.6. The summed E-state index contributed by atoms with van der Waals surface area (Å²) in [7, 11) is 0. The SMILES string of the molecule is Cc1nc(-c2ccc(CCNC(=O)C(NC(=O)c3ccc(F)cc3)C(C)C)cc2)cs1. The summed E-state index contributed by atoms with van der Waals surface area (Å²) in [5.41, 5.74) is 3.46. The van der Waals surface area contributed by atoms with Crippen LogP contribution in [0.2, 0.25) is 0 Å². The van der Waals surface area contributed by atoms with Crippen molar-refractivity contribution in [1.82, 2.24) is 15.6 Å². The fraction of sp³-hybridized carbons (Fsp3) is 0.292. The number of hydrogen-bond acceptors (Lipinski definition) is 4. The molecule has 0 bridgehead atoms. The van der Waals surface area contributed by atoms with Gasteiger partial charge < -0.3 is 10.6 Å². The molecule has 5 nitrogen and oxygen atoms in total. The smallest absolute Gasteiger partial charge is 0.251 e. The number of halogens is 1. The summed E-state index contributed by atoms with van der Waals surface area (Å²) in [5.74, 6) is -1.14. The van der Waals surface area contributed by atoms with Crippen molar-refractivity contribution < 1.29 is 14.0 Å². The number of aryl methyl sites for hydroxylation is 1. The lowest BCUT2D eigenvalue weighted by atomic mass is 10.0. The van der Waals surface area contributed by atoms with Gasteiger partial charge in [0.1, 0.15) is 11.9 Å². The summed E-state index contributed by atoms with van der Waals surface area (Å²) in [6.45, 7) is 6.18. The molecule has 2 N–H and O–H groups in total. The van der Waals surface area contributed by atoms with Crippen molar-refractivity contribution in [2.75, 3.05) is 6.54 Å². The lowest BCUT2D eigenvalue weighted by Crippen LogP contribution is -2.50. The highest BCUT2D eigenvalue weighted by Gasteiger charge is 2.24. The summed E-state index contributed by atoms with van der Waals surface area (Å²) in [6.07, 6.45) is 0.679. The Bertz CT molecular complexity index is 1030. The lowest BCUT2D eigenvalue weighted by Gasteiger charge is -2.22. The maximum atomic E-state index is 13.1. The number of aromatic nitrogens is 1. The number of rotatable bonds is 8. The molecule has 2 amide bonds. The van der Waals surface area contributed by atoms with Crippen molar-refractivity contribution in [3.8, 4) is 11.3 Å². The van der Waals surface area contributed by atoms with E-state index in [9.17, 15) is 14.0 Å². The molecule has 7 heteroatoms. The molecule has 1 unspecified atom stereocenters. The van der Waals surface area contributed by atoms with Gasteiger partial charge in [-0.1, -0.05) is 38.1 Å². The Morgan fingerprint density at radius 2 is 1.74 bits per heavy atom. The number of hydrogen-bond donors (Lipinski definition) is 2. The van der Waals surface area contributed by atoms with Crippen LogP contribution in [0.15, 0.2) is 53.9 Å². The van der Waals surface area contributed by atoms with Gasteiger partial charge in [-0.25, -0.2) is 9.37 Å². The molecule has 1 aromatic heterocycles. The van der Waals surface area contributed by atoms with Crippen LogP contribution in [-0.2, 0) is 11.2 Å². The summed E-state index contributed by atoms with van der Waals surface area (Å²) in [6, 6.07) is 12.7. The van der Waals surface area contributed by atoms with Gasteiger partial charge >= 0.3 is 0 Å². The summed E-state index contributed by atoms with van der Waals surface area (Å²) >= 11 is 1.62. The Labute approximate surface area is 185 Å². The number of carbonyl (C=O) groups is 2. The number of benzene rings is 2. The number of nitrogens with zero attached hydrogens (tertiary/aromatic N) is 1. The maximum absolute atomic E-state index is 13.1. The molecule has 3 rings (SSSR count). The minimum Gasteiger partial charge on any atom is -0.354 e. The molecule has 3 aromatic rings. The first-order valence-corrected chi connectivity index (χ1v) is 11.1. The van der Waals surface area contributed by atoms with Gasteiger partial charge in [-0.15, -0.1) is 11.3 Å². The molecular formula is C24H26FN3O2S. The Hall–Kier alpha value is -3.06. The van der Waals surface area contributed by atoms with E-state index in [2.05, 4.69) is 15.6 Å². The predicted molar refractivity (Wildman–Crippen MR) is 121 cm³/mol. The van der Waals surface area contributed by atoms with Crippen LogP contribution in [0.3, 0.4) is 0 Å². The summed E-state index contributed by atoms with van der Waals surface area (Å²) in [4.78, 5) is 29.5. The van der Waals surface area contributed by atoms with Crippen molar-refractivity contribution >= 4 is 23.2 Å². The van der Waals surface area contributed by atoms with E-state index in [4.69, 9.17) is 0 Å². The highest BCUT2D eigenvalue weighted by molar-refractivity contribution is 7.09. The highest BCUT2D eigenvalue weighted by Crippen LogP contribution is 2.21. The molecule has 2 aromatic carbocycles. The van der Waals surface area contributed by atoms with Crippen LogP contribution < -0.4 is 10.6 Å². The van der Waals surface area contributed by atoms with E-state index < -0.39 is 17.8 Å². The van der Waals surface area contributed by atoms with Crippen LogP contribution in [0.25, 0.3) is 11.3 Å². The molecule has 1 atom stereocenters. The Balaban J connectivity index is 1.52. The second-order valence-corrected chi connectivity index (χ2v) is 8.75. The van der Waals surface area contributed by atoms with Gasteiger partial charge in [-0.2, -0.15) is 0 Å². The predicted octanol–water partition coefficient (Wildman–Crippen LogP) is 4.37. The van der Waals surface area contributed by atoms with Gasteiger partial charge in [0, 0.05) is 23.1 Å². The molecule has 0 fully saturated rings. The third-order valence-electron chi connectivity index (χ3n) is 4.92. The average Bonchev–Trinajstić information content (AvgIpc) is 3.18. The quantitative estimate of drug-likeness (QED) is 0.548. The Morgan fingerprint density at radius 1 is 1.06 bits per heavy atom. The zero-order valence-corrected chi connectivity index (χ0v) is 18.6. The van der Waals surface area contributed by atoms with E-state index in [-0.39, 0.29) is 11.8 Å². The second kappa shape index (κ2) is 10.3. The van der Waals surface area contributed by atoms with Crippen LogP contribution >= 0.6 is 11.3 Å². The van der Waals surface area contributed by atoms with E-state index in [1.165, 1.54) is 24.3 Å². The molecule has 31 heavy (non-hydrogen) atoms. The zero-order valence-electron chi connectivity index (χ0n) is 17.8. The molecule has 162 valence electrons. The van der Waals surface area contributed by atoms with Crippen LogP contribution in [0.5, 0.6) is 0 Å². The van der Waals surface area contributed by atoms with Gasteiger partial charge in [0.2, 0.25) is 5.91 Å². The fourth-order valence-electron chi connectivity index (χ4n) is 3.14. The fourth-order valence-corrected chi connectivity index (χ4v) is 3.76. The van der Waals surface area contributed by atoms with Crippen LogP contribution in [0.4, 0.5) is 4.39 Å².